The highest BCUT2D eigenvalue weighted by molar-refractivity contribution is 7.99. The summed E-state index contributed by atoms with van der Waals surface area (Å²) >= 11 is 7.79. The molecule has 130 valence electrons. The van der Waals surface area contributed by atoms with Crippen LogP contribution in [0.2, 0.25) is 5.02 Å². The molecule has 0 radical (unpaired) electrons. The molecule has 2 rings (SSSR count). The van der Waals surface area contributed by atoms with Gasteiger partial charge in [-0.25, -0.2) is 13.9 Å². The Hall–Kier alpha value is -0.920. The number of pyridine rings is 1. The largest absolute Gasteiger partial charge is 0.392 e. The fourth-order valence-electron chi connectivity index (χ4n) is 1.90. The molecule has 24 heavy (non-hydrogen) atoms. The number of hydrogen-bond acceptors (Lipinski definition) is 4. The quantitative estimate of drug-likeness (QED) is 0.792. The summed E-state index contributed by atoms with van der Waals surface area (Å²) in [4.78, 5) is 5.25. The number of hydrogen-bond donors (Lipinski definition) is 2. The van der Waals surface area contributed by atoms with E-state index in [0.717, 1.165) is 21.0 Å². The summed E-state index contributed by atoms with van der Waals surface area (Å²) in [6.07, 6.45) is 1.69. The lowest BCUT2D eigenvalue weighted by molar-refractivity contribution is 0.278. The standard InChI is InChI=1S/C17H21ClN2O2S2/c1-17(2,3)24(22)20-10-13-14(18)7-4-8-15(13)23-16-12(11-21)6-5-9-19-16/h4-9,20-21H,10-11H2,1-3H3. The molecule has 0 amide bonds. The molecular formula is C17H21ClN2O2S2. The van der Waals surface area contributed by atoms with Crippen molar-refractivity contribution in [1.82, 2.24) is 9.71 Å². The van der Waals surface area contributed by atoms with Crippen LogP contribution >= 0.6 is 23.4 Å². The van der Waals surface area contributed by atoms with E-state index in [1.54, 1.807) is 12.3 Å². The second-order valence-corrected chi connectivity index (χ2v) is 9.64. The average Bonchev–Trinajstić information content (AvgIpc) is 2.53. The minimum Gasteiger partial charge on any atom is -0.392 e. The molecule has 1 aromatic heterocycles. The van der Waals surface area contributed by atoms with Crippen LogP contribution in [-0.4, -0.2) is 19.0 Å². The van der Waals surface area contributed by atoms with E-state index in [0.29, 0.717) is 11.6 Å². The Labute approximate surface area is 154 Å². The highest BCUT2D eigenvalue weighted by Crippen LogP contribution is 2.34. The normalized spacial score (nSPS) is 13.0. The molecule has 4 nitrogen and oxygen atoms in total. The maximum absolute atomic E-state index is 12.2. The number of halogens is 1. The van der Waals surface area contributed by atoms with Crippen LogP contribution in [0.4, 0.5) is 0 Å². The van der Waals surface area contributed by atoms with Gasteiger partial charge in [-0.15, -0.1) is 0 Å². The Bertz CT molecular complexity index is 733. The Morgan fingerprint density at radius 2 is 2.04 bits per heavy atom. The topological polar surface area (TPSA) is 62.2 Å². The first kappa shape index (κ1) is 19.4. The van der Waals surface area contributed by atoms with Gasteiger partial charge in [0, 0.05) is 28.2 Å². The van der Waals surface area contributed by atoms with Gasteiger partial charge in [0.25, 0.3) is 0 Å². The van der Waals surface area contributed by atoms with Crippen LogP contribution in [0.15, 0.2) is 46.5 Å². The van der Waals surface area contributed by atoms with Crippen LogP contribution in [0.25, 0.3) is 0 Å². The van der Waals surface area contributed by atoms with Crippen LogP contribution in [0.5, 0.6) is 0 Å². The van der Waals surface area contributed by atoms with Gasteiger partial charge in [0.1, 0.15) is 5.03 Å². The van der Waals surface area contributed by atoms with E-state index in [1.165, 1.54) is 11.8 Å². The van der Waals surface area contributed by atoms with Crippen LogP contribution in [0.3, 0.4) is 0 Å². The lowest BCUT2D eigenvalue weighted by Gasteiger charge is -2.19. The number of rotatable bonds is 6. The van der Waals surface area contributed by atoms with Crippen molar-refractivity contribution >= 4 is 34.3 Å². The SMILES string of the molecule is CC(C)(C)S(=O)NCc1c(Cl)cccc1Sc1ncccc1CO. The molecule has 7 heteroatoms. The van der Waals surface area contributed by atoms with Gasteiger partial charge in [-0.3, -0.25) is 0 Å². The minimum absolute atomic E-state index is 0.0711. The van der Waals surface area contributed by atoms with Crippen molar-refractivity contribution in [3.05, 3.63) is 52.7 Å². The zero-order valence-electron chi connectivity index (χ0n) is 13.9. The highest BCUT2D eigenvalue weighted by atomic mass is 35.5. The van der Waals surface area contributed by atoms with Crippen LogP contribution < -0.4 is 4.72 Å². The molecule has 1 unspecified atom stereocenters. The van der Waals surface area contributed by atoms with E-state index in [-0.39, 0.29) is 11.4 Å². The molecule has 0 aliphatic rings. The molecule has 1 aromatic carbocycles. The van der Waals surface area contributed by atoms with Crippen molar-refractivity contribution in [2.24, 2.45) is 0 Å². The van der Waals surface area contributed by atoms with Crippen molar-refractivity contribution in [2.45, 2.75) is 48.6 Å². The fraction of sp³-hybridized carbons (Fsp3) is 0.353. The van der Waals surface area contributed by atoms with Gasteiger partial charge in [-0.1, -0.05) is 35.5 Å². The van der Waals surface area contributed by atoms with Crippen molar-refractivity contribution in [1.29, 1.82) is 0 Å². The van der Waals surface area contributed by atoms with Crippen molar-refractivity contribution in [3.63, 3.8) is 0 Å². The Balaban J connectivity index is 2.25. The monoisotopic (exact) mass is 384 g/mol. The number of aliphatic hydroxyl groups excluding tert-OH is 1. The molecule has 2 aromatic rings. The zero-order valence-corrected chi connectivity index (χ0v) is 16.3. The smallest absolute Gasteiger partial charge is 0.106 e. The number of nitrogens with one attached hydrogen (secondary N) is 1. The summed E-state index contributed by atoms with van der Waals surface area (Å²) in [5.74, 6) is 0. The molecule has 0 aliphatic heterocycles. The van der Waals surface area contributed by atoms with E-state index < -0.39 is 11.0 Å². The summed E-state index contributed by atoms with van der Waals surface area (Å²) < 4.78 is 14.9. The molecule has 0 bridgehead atoms. The number of aromatic nitrogens is 1. The Morgan fingerprint density at radius 1 is 1.29 bits per heavy atom. The molecule has 0 spiro atoms. The van der Waals surface area contributed by atoms with Gasteiger partial charge >= 0.3 is 0 Å². The lowest BCUT2D eigenvalue weighted by atomic mass is 10.2. The van der Waals surface area contributed by atoms with Crippen molar-refractivity contribution in [3.8, 4) is 0 Å². The fourth-order valence-corrected chi connectivity index (χ4v) is 3.94. The van der Waals surface area contributed by atoms with Gasteiger partial charge in [0.15, 0.2) is 0 Å². The Morgan fingerprint density at radius 3 is 2.71 bits per heavy atom. The van der Waals surface area contributed by atoms with Gasteiger partial charge in [0.2, 0.25) is 0 Å². The number of nitrogens with zero attached hydrogens (tertiary/aromatic N) is 1. The minimum atomic E-state index is -1.18. The van der Waals surface area contributed by atoms with Gasteiger partial charge in [-0.05, 0) is 44.5 Å². The molecule has 0 aliphatic carbocycles. The van der Waals surface area contributed by atoms with E-state index in [2.05, 4.69) is 9.71 Å². The van der Waals surface area contributed by atoms with Crippen molar-refractivity contribution in [2.75, 3.05) is 0 Å². The predicted octanol–water partition coefficient (Wildman–Crippen LogP) is 3.93. The molecule has 1 heterocycles. The van der Waals surface area contributed by atoms with E-state index in [9.17, 15) is 9.32 Å². The van der Waals surface area contributed by atoms with E-state index in [1.807, 2.05) is 45.0 Å². The highest BCUT2D eigenvalue weighted by Gasteiger charge is 2.20. The third-order valence-electron chi connectivity index (χ3n) is 3.24. The molecule has 0 saturated heterocycles. The number of benzene rings is 1. The average molecular weight is 385 g/mol. The summed E-state index contributed by atoms with van der Waals surface area (Å²) in [6.45, 7) is 6.07. The maximum Gasteiger partial charge on any atom is 0.106 e. The van der Waals surface area contributed by atoms with Crippen molar-refractivity contribution < 1.29 is 9.32 Å². The van der Waals surface area contributed by atoms with Gasteiger partial charge in [-0.2, -0.15) is 0 Å². The van der Waals surface area contributed by atoms with Gasteiger partial charge in [0.05, 0.1) is 22.3 Å². The third kappa shape index (κ3) is 5.04. The summed E-state index contributed by atoms with van der Waals surface area (Å²) in [7, 11) is -1.18. The summed E-state index contributed by atoms with van der Waals surface area (Å²) in [5, 5.41) is 10.8. The summed E-state index contributed by atoms with van der Waals surface area (Å²) in [6, 6.07) is 9.27. The third-order valence-corrected chi connectivity index (χ3v) is 6.28. The second-order valence-electron chi connectivity index (χ2n) is 6.15. The predicted molar refractivity (Wildman–Crippen MR) is 100 cm³/mol. The summed E-state index contributed by atoms with van der Waals surface area (Å²) in [5.41, 5.74) is 1.64. The molecular weight excluding hydrogens is 364 g/mol. The second kappa shape index (κ2) is 8.45. The van der Waals surface area contributed by atoms with E-state index in [4.69, 9.17) is 11.6 Å². The molecule has 2 N–H and O–H groups in total. The van der Waals surface area contributed by atoms with E-state index >= 15 is 0 Å². The molecule has 1 atom stereocenters. The first-order valence-corrected chi connectivity index (χ1v) is 9.82. The van der Waals surface area contributed by atoms with Crippen LogP contribution in [0, 0.1) is 0 Å². The lowest BCUT2D eigenvalue weighted by Crippen LogP contribution is -2.33. The first-order valence-electron chi connectivity index (χ1n) is 7.48. The molecule has 0 fully saturated rings. The van der Waals surface area contributed by atoms with Crippen LogP contribution in [0.1, 0.15) is 31.9 Å². The maximum atomic E-state index is 12.2. The Kier molecular flexibility index (Phi) is 6.83. The van der Waals surface area contributed by atoms with Gasteiger partial charge < -0.3 is 5.11 Å². The first-order chi connectivity index (χ1) is 11.3. The van der Waals surface area contributed by atoms with Crippen LogP contribution in [-0.2, 0) is 24.1 Å². The molecule has 0 saturated carbocycles. The zero-order chi connectivity index (χ0) is 17.7. The number of aliphatic hydroxyl groups is 1.